The van der Waals surface area contributed by atoms with Crippen molar-refractivity contribution >= 4 is 11.6 Å². The van der Waals surface area contributed by atoms with E-state index in [0.29, 0.717) is 0 Å². The molecule has 1 rings (SSSR count). The summed E-state index contributed by atoms with van der Waals surface area (Å²) in [7, 11) is 0. The fourth-order valence-electron chi connectivity index (χ4n) is 1.17. The Balaban J connectivity index is 3.30. The Morgan fingerprint density at radius 3 is 2.60 bits per heavy atom. The van der Waals surface area contributed by atoms with Crippen molar-refractivity contribution in [2.75, 3.05) is 0 Å². The second-order valence-electron chi connectivity index (χ2n) is 2.75. The van der Waals surface area contributed by atoms with Crippen molar-refractivity contribution in [3.8, 4) is 0 Å². The van der Waals surface area contributed by atoms with E-state index in [1.54, 1.807) is 0 Å². The first-order chi connectivity index (χ1) is 7.07. The Morgan fingerprint density at radius 2 is 2.13 bits per heavy atom. The standard InChI is InChI=1S/C9H7N3O3/c1-11-8(9(10)13)6-4-2-3-5-7(6)12(14)15/h2-5,8H,(H2,10,13). The third kappa shape index (κ3) is 2.08. The Kier molecular flexibility index (Phi) is 2.98. The summed E-state index contributed by atoms with van der Waals surface area (Å²) in [6, 6.07) is 4.27. The maximum Gasteiger partial charge on any atom is 0.331 e. The lowest BCUT2D eigenvalue weighted by Gasteiger charge is -2.01. The molecule has 0 fully saturated rings. The van der Waals surface area contributed by atoms with Crippen LogP contribution in [0.1, 0.15) is 11.6 Å². The molecule has 0 saturated carbocycles. The largest absolute Gasteiger partial charge is 0.363 e. The molecule has 1 amide bonds. The lowest BCUT2D eigenvalue weighted by atomic mass is 10.1. The average molecular weight is 205 g/mol. The van der Waals surface area contributed by atoms with E-state index < -0.39 is 16.9 Å². The second-order valence-corrected chi connectivity index (χ2v) is 2.75. The molecule has 6 heteroatoms. The highest BCUT2D eigenvalue weighted by atomic mass is 16.6. The highest BCUT2D eigenvalue weighted by Gasteiger charge is 2.30. The van der Waals surface area contributed by atoms with Gasteiger partial charge in [0, 0.05) is 6.07 Å². The molecule has 15 heavy (non-hydrogen) atoms. The number of carbonyl (C=O) groups excluding carboxylic acids is 1. The van der Waals surface area contributed by atoms with Gasteiger partial charge in [0.15, 0.2) is 0 Å². The van der Waals surface area contributed by atoms with Crippen molar-refractivity contribution in [2.24, 2.45) is 5.73 Å². The number of nitro groups is 1. The van der Waals surface area contributed by atoms with Gasteiger partial charge in [0.25, 0.3) is 5.69 Å². The van der Waals surface area contributed by atoms with E-state index in [0.717, 1.165) is 0 Å². The molecule has 0 radical (unpaired) electrons. The number of amides is 1. The van der Waals surface area contributed by atoms with Crippen molar-refractivity contribution in [3.05, 3.63) is 51.4 Å². The molecule has 1 unspecified atom stereocenters. The third-order valence-corrected chi connectivity index (χ3v) is 1.83. The van der Waals surface area contributed by atoms with Gasteiger partial charge in [0.1, 0.15) is 5.56 Å². The second kappa shape index (κ2) is 4.19. The van der Waals surface area contributed by atoms with Gasteiger partial charge in [-0.2, -0.15) is 0 Å². The molecule has 1 aromatic rings. The number of para-hydroxylation sites is 1. The van der Waals surface area contributed by atoms with E-state index in [2.05, 4.69) is 4.85 Å². The first kappa shape index (κ1) is 10.7. The Morgan fingerprint density at radius 1 is 1.53 bits per heavy atom. The van der Waals surface area contributed by atoms with Crippen molar-refractivity contribution < 1.29 is 9.72 Å². The number of primary amides is 1. The molecule has 0 aliphatic heterocycles. The van der Waals surface area contributed by atoms with Gasteiger partial charge in [0.05, 0.1) is 4.92 Å². The van der Waals surface area contributed by atoms with Crippen molar-refractivity contribution in [1.82, 2.24) is 0 Å². The topological polar surface area (TPSA) is 90.6 Å². The molecule has 0 saturated heterocycles. The predicted molar refractivity (Wildman–Crippen MR) is 51.6 cm³/mol. The van der Waals surface area contributed by atoms with Gasteiger partial charge < -0.3 is 5.73 Å². The number of rotatable bonds is 3. The number of carbonyl (C=O) groups is 1. The predicted octanol–water partition coefficient (Wildman–Crippen LogP) is 1.04. The van der Waals surface area contributed by atoms with E-state index in [-0.39, 0.29) is 11.3 Å². The van der Waals surface area contributed by atoms with E-state index in [9.17, 15) is 14.9 Å². The minimum absolute atomic E-state index is 0.0324. The number of nitro benzene ring substituents is 1. The first-order valence-corrected chi connectivity index (χ1v) is 3.97. The highest BCUT2D eigenvalue weighted by Crippen LogP contribution is 2.26. The van der Waals surface area contributed by atoms with Crippen LogP contribution in [0.4, 0.5) is 5.69 Å². The third-order valence-electron chi connectivity index (χ3n) is 1.83. The molecule has 0 aliphatic carbocycles. The fraction of sp³-hybridized carbons (Fsp3) is 0.111. The van der Waals surface area contributed by atoms with Crippen LogP contribution >= 0.6 is 0 Å². The monoisotopic (exact) mass is 205 g/mol. The van der Waals surface area contributed by atoms with Crippen LogP contribution in [0, 0.1) is 16.7 Å². The summed E-state index contributed by atoms with van der Waals surface area (Å²) in [6.45, 7) is 6.77. The zero-order chi connectivity index (χ0) is 11.4. The van der Waals surface area contributed by atoms with Crippen molar-refractivity contribution in [1.29, 1.82) is 0 Å². The van der Waals surface area contributed by atoms with Crippen LogP contribution in [0.2, 0.25) is 0 Å². The van der Waals surface area contributed by atoms with Crippen LogP contribution in [-0.2, 0) is 4.79 Å². The van der Waals surface area contributed by atoms with Gasteiger partial charge in [-0.15, -0.1) is 0 Å². The van der Waals surface area contributed by atoms with Gasteiger partial charge in [-0.25, -0.2) is 6.57 Å². The summed E-state index contributed by atoms with van der Waals surface area (Å²) >= 11 is 0. The molecule has 6 nitrogen and oxygen atoms in total. The number of benzene rings is 1. The molecule has 76 valence electrons. The summed E-state index contributed by atoms with van der Waals surface area (Å²) in [5.41, 5.74) is 4.74. The summed E-state index contributed by atoms with van der Waals surface area (Å²) < 4.78 is 0. The molecule has 0 aliphatic rings. The molecule has 0 aromatic heterocycles. The SMILES string of the molecule is [C-]#[N+]C(C(N)=O)c1ccccc1[N+](=O)[O-]. The van der Waals surface area contributed by atoms with E-state index in [4.69, 9.17) is 12.3 Å². The van der Waals surface area contributed by atoms with Gasteiger partial charge in [0.2, 0.25) is 0 Å². The fourth-order valence-corrected chi connectivity index (χ4v) is 1.17. The van der Waals surface area contributed by atoms with E-state index >= 15 is 0 Å². The number of nitrogens with two attached hydrogens (primary N) is 1. The smallest absolute Gasteiger partial charge is 0.331 e. The minimum atomic E-state index is -1.30. The van der Waals surface area contributed by atoms with Gasteiger partial charge in [-0.1, -0.05) is 12.1 Å². The van der Waals surface area contributed by atoms with Crippen molar-refractivity contribution in [2.45, 2.75) is 6.04 Å². The molecular weight excluding hydrogens is 198 g/mol. The summed E-state index contributed by atoms with van der Waals surface area (Å²) in [6.07, 6.45) is 0. The Bertz CT molecular complexity index is 450. The maximum atomic E-state index is 10.9. The minimum Gasteiger partial charge on any atom is -0.363 e. The molecule has 2 N–H and O–H groups in total. The van der Waals surface area contributed by atoms with Gasteiger partial charge in [-0.3, -0.25) is 19.8 Å². The molecule has 0 spiro atoms. The maximum absolute atomic E-state index is 10.9. The lowest BCUT2D eigenvalue weighted by molar-refractivity contribution is -0.385. The molecular formula is C9H7N3O3. The molecule has 1 atom stereocenters. The Hall–Kier alpha value is -2.42. The van der Waals surface area contributed by atoms with E-state index in [1.807, 2.05) is 0 Å². The van der Waals surface area contributed by atoms with Crippen LogP contribution in [0.15, 0.2) is 24.3 Å². The van der Waals surface area contributed by atoms with E-state index in [1.165, 1.54) is 24.3 Å². The summed E-state index contributed by atoms with van der Waals surface area (Å²) in [5, 5.41) is 10.6. The lowest BCUT2D eigenvalue weighted by Crippen LogP contribution is -2.19. The molecule has 0 heterocycles. The summed E-state index contributed by atoms with van der Waals surface area (Å²) in [4.78, 5) is 23.8. The van der Waals surface area contributed by atoms with Crippen molar-refractivity contribution in [3.63, 3.8) is 0 Å². The molecule has 0 bridgehead atoms. The highest BCUT2D eigenvalue weighted by molar-refractivity contribution is 5.84. The zero-order valence-electron chi connectivity index (χ0n) is 7.58. The van der Waals surface area contributed by atoms with Gasteiger partial charge in [-0.05, 0) is 6.07 Å². The first-order valence-electron chi connectivity index (χ1n) is 3.97. The van der Waals surface area contributed by atoms with Crippen LogP contribution in [0.3, 0.4) is 0 Å². The van der Waals surface area contributed by atoms with Crippen LogP contribution in [-0.4, -0.2) is 10.8 Å². The van der Waals surface area contributed by atoms with Gasteiger partial charge >= 0.3 is 11.9 Å². The average Bonchev–Trinajstić information content (AvgIpc) is 2.18. The number of hydrogen-bond donors (Lipinski definition) is 1. The molecule has 1 aromatic carbocycles. The number of nitrogens with zero attached hydrogens (tertiary/aromatic N) is 2. The summed E-state index contributed by atoms with van der Waals surface area (Å²) in [5.74, 6) is -0.890. The van der Waals surface area contributed by atoms with Crippen LogP contribution in [0.25, 0.3) is 4.85 Å². The Labute approximate surface area is 85.3 Å². The normalized spacial score (nSPS) is 11.4. The van der Waals surface area contributed by atoms with Crippen LogP contribution in [0.5, 0.6) is 0 Å². The zero-order valence-corrected chi connectivity index (χ0v) is 7.58. The quantitative estimate of drug-likeness (QED) is 0.454. The number of hydrogen-bond acceptors (Lipinski definition) is 3. The van der Waals surface area contributed by atoms with Crippen LogP contribution < -0.4 is 5.73 Å².